The van der Waals surface area contributed by atoms with E-state index in [4.69, 9.17) is 10.6 Å². The molecule has 160 valence electrons. The Balaban J connectivity index is 1.98. The maximum Gasteiger partial charge on any atom is 0.261 e. The van der Waals surface area contributed by atoms with Crippen molar-refractivity contribution in [3.8, 4) is 0 Å². The van der Waals surface area contributed by atoms with Crippen molar-refractivity contribution in [2.75, 3.05) is 38.5 Å². The SMILES string of the molecule is CCNC(=O)c1cc2c(/C(=N/OCCN(CC)CC)c3cccs3)nc(N)nc2s1. The van der Waals surface area contributed by atoms with Gasteiger partial charge >= 0.3 is 0 Å². The van der Waals surface area contributed by atoms with Crippen LogP contribution in [-0.4, -0.2) is 59.3 Å². The number of nitrogens with zero attached hydrogens (tertiary/aromatic N) is 4. The smallest absolute Gasteiger partial charge is 0.261 e. The lowest BCUT2D eigenvalue weighted by molar-refractivity contribution is 0.0960. The van der Waals surface area contributed by atoms with Gasteiger partial charge in [-0.25, -0.2) is 9.97 Å². The molecule has 0 aromatic carbocycles. The predicted molar refractivity (Wildman–Crippen MR) is 124 cm³/mol. The van der Waals surface area contributed by atoms with Gasteiger partial charge in [0.15, 0.2) is 0 Å². The van der Waals surface area contributed by atoms with Crippen LogP contribution >= 0.6 is 22.7 Å². The fourth-order valence-electron chi connectivity index (χ4n) is 2.92. The van der Waals surface area contributed by atoms with E-state index in [9.17, 15) is 4.79 Å². The number of amides is 1. The van der Waals surface area contributed by atoms with E-state index >= 15 is 0 Å². The summed E-state index contributed by atoms with van der Waals surface area (Å²) in [4.78, 5) is 31.1. The first-order valence-corrected chi connectivity index (χ1v) is 11.6. The molecule has 30 heavy (non-hydrogen) atoms. The molecule has 0 aliphatic rings. The van der Waals surface area contributed by atoms with Crippen molar-refractivity contribution in [3.05, 3.63) is 39.0 Å². The lowest BCUT2D eigenvalue weighted by Gasteiger charge is -2.16. The largest absolute Gasteiger partial charge is 0.394 e. The number of carbonyl (C=O) groups excluding carboxylic acids is 1. The summed E-state index contributed by atoms with van der Waals surface area (Å²) in [5.74, 6) is -0.00990. The Morgan fingerprint density at radius 2 is 2.07 bits per heavy atom. The van der Waals surface area contributed by atoms with Gasteiger partial charge in [-0.05, 0) is 37.5 Å². The number of nitrogen functional groups attached to an aromatic ring is 1. The second-order valence-electron chi connectivity index (χ2n) is 6.40. The summed E-state index contributed by atoms with van der Waals surface area (Å²) in [6, 6.07) is 5.69. The van der Waals surface area contributed by atoms with Crippen molar-refractivity contribution in [1.29, 1.82) is 0 Å². The average molecular weight is 447 g/mol. The Morgan fingerprint density at radius 3 is 2.73 bits per heavy atom. The van der Waals surface area contributed by atoms with Crippen molar-refractivity contribution in [3.63, 3.8) is 0 Å². The van der Waals surface area contributed by atoms with Crippen molar-refractivity contribution >= 4 is 50.5 Å². The quantitative estimate of drug-likeness (QED) is 0.281. The lowest BCUT2D eigenvalue weighted by Crippen LogP contribution is -2.26. The molecular weight excluding hydrogens is 420 g/mol. The van der Waals surface area contributed by atoms with Gasteiger partial charge in [-0.1, -0.05) is 25.1 Å². The van der Waals surface area contributed by atoms with Crippen LogP contribution < -0.4 is 11.1 Å². The number of carbonyl (C=O) groups is 1. The number of nitrogens with two attached hydrogens (primary N) is 1. The van der Waals surface area contributed by atoms with Gasteiger partial charge in [-0.15, -0.1) is 22.7 Å². The van der Waals surface area contributed by atoms with E-state index in [1.807, 2.05) is 24.4 Å². The van der Waals surface area contributed by atoms with E-state index in [0.29, 0.717) is 34.3 Å². The third kappa shape index (κ3) is 5.13. The Hall–Kier alpha value is -2.56. The number of anilines is 1. The number of hydrogen-bond acceptors (Lipinski definition) is 9. The molecule has 0 radical (unpaired) electrons. The summed E-state index contributed by atoms with van der Waals surface area (Å²) in [7, 11) is 0. The van der Waals surface area contributed by atoms with Crippen molar-refractivity contribution in [1.82, 2.24) is 20.2 Å². The number of aromatic nitrogens is 2. The fraction of sp³-hybridized carbons (Fsp3) is 0.400. The molecule has 3 heterocycles. The van der Waals surface area contributed by atoms with Gasteiger partial charge in [0.05, 0.1) is 9.75 Å². The standard InChI is InChI=1S/C20H26N6O2S2/c1-4-22-18(27)15-12-13-16(23-20(21)24-19(13)30-15)17(14-8-7-11-29-14)25-28-10-9-26(5-2)6-3/h7-8,11-12H,4-6,9-10H2,1-3H3,(H,22,27)(H2,21,23,24)/b25-17+. The van der Waals surface area contributed by atoms with Crippen LogP contribution in [0.4, 0.5) is 5.95 Å². The van der Waals surface area contributed by atoms with E-state index in [-0.39, 0.29) is 11.9 Å². The first-order chi connectivity index (χ1) is 14.6. The van der Waals surface area contributed by atoms with Gasteiger partial charge in [0.2, 0.25) is 5.95 Å². The molecule has 0 spiro atoms. The van der Waals surface area contributed by atoms with Gasteiger partial charge in [0.25, 0.3) is 5.91 Å². The zero-order valence-corrected chi connectivity index (χ0v) is 19.0. The first kappa shape index (κ1) is 22.1. The third-order valence-electron chi connectivity index (χ3n) is 4.50. The zero-order valence-electron chi connectivity index (χ0n) is 17.3. The number of thiophene rings is 2. The summed E-state index contributed by atoms with van der Waals surface area (Å²) in [5, 5.41) is 9.93. The van der Waals surface area contributed by atoms with Crippen molar-refractivity contribution in [2.45, 2.75) is 20.8 Å². The lowest BCUT2D eigenvalue weighted by atomic mass is 10.1. The number of oxime groups is 1. The van der Waals surface area contributed by atoms with E-state index in [2.05, 4.69) is 39.2 Å². The molecule has 1 amide bonds. The summed E-state index contributed by atoms with van der Waals surface area (Å²) in [6.07, 6.45) is 0. The Bertz CT molecular complexity index is 1010. The number of rotatable bonds is 10. The minimum Gasteiger partial charge on any atom is -0.394 e. The summed E-state index contributed by atoms with van der Waals surface area (Å²) < 4.78 is 0. The summed E-state index contributed by atoms with van der Waals surface area (Å²) in [6.45, 7) is 9.84. The predicted octanol–water partition coefficient (Wildman–Crippen LogP) is 3.20. The molecule has 3 aromatic rings. The van der Waals surface area contributed by atoms with Crippen LogP contribution in [0.5, 0.6) is 0 Å². The molecule has 0 bridgehead atoms. The van der Waals surface area contributed by atoms with E-state index in [1.165, 1.54) is 22.7 Å². The Labute approximate surface area is 183 Å². The zero-order chi connectivity index (χ0) is 21.5. The highest BCUT2D eigenvalue weighted by Gasteiger charge is 2.20. The molecule has 3 rings (SSSR count). The maximum absolute atomic E-state index is 12.3. The number of hydrogen-bond donors (Lipinski definition) is 2. The molecule has 8 nitrogen and oxygen atoms in total. The van der Waals surface area contributed by atoms with Crippen LogP contribution in [0.1, 0.15) is 41.0 Å². The third-order valence-corrected chi connectivity index (χ3v) is 6.40. The van der Waals surface area contributed by atoms with Crippen LogP contribution in [0.3, 0.4) is 0 Å². The topological polar surface area (TPSA) is 106 Å². The molecule has 10 heteroatoms. The molecule has 0 saturated carbocycles. The Kier molecular flexibility index (Phi) is 7.72. The molecular formula is C20H26N6O2S2. The normalized spacial score (nSPS) is 11.9. The molecule has 3 N–H and O–H groups in total. The molecule has 0 atom stereocenters. The van der Waals surface area contributed by atoms with Crippen LogP contribution in [0.2, 0.25) is 0 Å². The van der Waals surface area contributed by atoms with Gasteiger partial charge < -0.3 is 20.8 Å². The molecule has 0 unspecified atom stereocenters. The number of nitrogens with one attached hydrogen (secondary N) is 1. The number of likely N-dealkylation sites (N-methyl/N-ethyl adjacent to an activating group) is 1. The minimum absolute atomic E-state index is 0.134. The van der Waals surface area contributed by atoms with E-state index in [1.54, 1.807) is 6.07 Å². The summed E-state index contributed by atoms with van der Waals surface area (Å²) in [5.41, 5.74) is 7.13. The van der Waals surface area contributed by atoms with Crippen LogP contribution in [-0.2, 0) is 4.84 Å². The van der Waals surface area contributed by atoms with Gasteiger partial charge in [-0.3, -0.25) is 4.79 Å². The fourth-order valence-corrected chi connectivity index (χ4v) is 4.58. The molecule has 0 fully saturated rings. The highest BCUT2D eigenvalue weighted by atomic mass is 32.1. The van der Waals surface area contributed by atoms with Crippen molar-refractivity contribution in [2.24, 2.45) is 5.16 Å². The summed E-state index contributed by atoms with van der Waals surface area (Å²) >= 11 is 2.82. The highest BCUT2D eigenvalue weighted by molar-refractivity contribution is 7.20. The van der Waals surface area contributed by atoms with Crippen LogP contribution in [0, 0.1) is 0 Å². The minimum atomic E-state index is -0.143. The van der Waals surface area contributed by atoms with Gasteiger partial charge in [0.1, 0.15) is 22.8 Å². The van der Waals surface area contributed by atoms with Crippen LogP contribution in [0.15, 0.2) is 28.7 Å². The average Bonchev–Trinajstić information content (AvgIpc) is 3.40. The van der Waals surface area contributed by atoms with E-state index < -0.39 is 0 Å². The maximum atomic E-state index is 12.3. The highest BCUT2D eigenvalue weighted by Crippen LogP contribution is 2.29. The second-order valence-corrected chi connectivity index (χ2v) is 8.37. The number of fused-ring (bicyclic) bond motifs is 1. The molecule has 0 aliphatic heterocycles. The second kappa shape index (κ2) is 10.5. The van der Waals surface area contributed by atoms with E-state index in [0.717, 1.165) is 29.9 Å². The van der Waals surface area contributed by atoms with Crippen molar-refractivity contribution < 1.29 is 9.63 Å². The molecule has 3 aromatic heterocycles. The molecule has 0 saturated heterocycles. The van der Waals surface area contributed by atoms with Crippen LogP contribution in [0.25, 0.3) is 10.2 Å². The first-order valence-electron chi connectivity index (χ1n) is 9.89. The Morgan fingerprint density at radius 1 is 1.27 bits per heavy atom. The van der Waals surface area contributed by atoms with Gasteiger partial charge in [-0.2, -0.15) is 0 Å². The monoisotopic (exact) mass is 446 g/mol. The van der Waals surface area contributed by atoms with Gasteiger partial charge in [0, 0.05) is 18.5 Å². The molecule has 0 aliphatic carbocycles.